The van der Waals surface area contributed by atoms with Crippen LogP contribution in [0, 0.1) is 29.5 Å². The topological polar surface area (TPSA) is 124 Å². The van der Waals surface area contributed by atoms with Crippen molar-refractivity contribution in [3.63, 3.8) is 0 Å². The van der Waals surface area contributed by atoms with E-state index in [4.69, 9.17) is 11.6 Å². The molecule has 256 valence electrons. The minimum atomic E-state index is -1.60. The summed E-state index contributed by atoms with van der Waals surface area (Å²) in [6.07, 6.45) is 2.16. The van der Waals surface area contributed by atoms with Gasteiger partial charge in [-0.05, 0) is 98.0 Å². The molecule has 6 unspecified atom stereocenters. The minimum Gasteiger partial charge on any atom is -0.508 e. The smallest absolute Gasteiger partial charge is 0.260 e. The van der Waals surface area contributed by atoms with Gasteiger partial charge in [0.05, 0.1) is 34.5 Å². The van der Waals surface area contributed by atoms with Crippen LogP contribution in [0.5, 0.6) is 5.75 Å². The summed E-state index contributed by atoms with van der Waals surface area (Å²) in [5.41, 5.74) is 3.97. The molecule has 2 N–H and O–H groups in total. The summed E-state index contributed by atoms with van der Waals surface area (Å²) in [5, 5.41) is 12.8. The van der Waals surface area contributed by atoms with Crippen LogP contribution in [-0.4, -0.2) is 39.5 Å². The van der Waals surface area contributed by atoms with Crippen molar-refractivity contribution in [2.24, 2.45) is 23.7 Å². The molecule has 0 spiro atoms. The molecule has 51 heavy (non-hydrogen) atoms. The molecule has 3 fully saturated rings. The number of para-hydroxylation sites is 1. The Hall–Kier alpha value is -5.61. The molecule has 11 heteroatoms. The maximum absolute atomic E-state index is 15.1. The highest BCUT2D eigenvalue weighted by molar-refractivity contribution is 6.30. The zero-order chi connectivity index (χ0) is 35.8. The number of rotatable bonds is 6. The van der Waals surface area contributed by atoms with Crippen molar-refractivity contribution in [3.8, 4) is 5.75 Å². The molecule has 6 atom stereocenters. The van der Waals surface area contributed by atoms with E-state index >= 15 is 4.79 Å². The van der Waals surface area contributed by atoms with Crippen molar-refractivity contribution in [1.29, 1.82) is 0 Å². The number of fused-ring (bicyclic) bond motifs is 4. The maximum Gasteiger partial charge on any atom is 0.260 e. The SMILES string of the molecule is CC(=O)c1ccc(N2C(=O)C3CC=C4C(CC5C(=O)N(Nc6ccc(F)cc6)C(=O)C5(c5ccc(Cl)cc5)C4c4ccccc4O)C3C2=O)cc1. The van der Waals surface area contributed by atoms with Crippen LogP contribution in [0.2, 0.25) is 5.02 Å². The molecule has 9 nitrogen and oxygen atoms in total. The number of aromatic hydroxyl groups is 1. The number of phenols is 1. The number of Topliss-reactive ketones (excluding diaryl/α,β-unsaturated/α-hetero) is 1. The van der Waals surface area contributed by atoms with Gasteiger partial charge in [0.25, 0.3) is 11.8 Å². The van der Waals surface area contributed by atoms with Gasteiger partial charge in [-0.15, -0.1) is 0 Å². The van der Waals surface area contributed by atoms with Crippen molar-refractivity contribution in [2.45, 2.75) is 31.1 Å². The number of hydrogen-bond donors (Lipinski definition) is 2. The second-order valence-corrected chi connectivity index (χ2v) is 14.0. The first kappa shape index (κ1) is 32.6. The Bertz CT molecular complexity index is 2170. The summed E-state index contributed by atoms with van der Waals surface area (Å²) in [4.78, 5) is 71.3. The van der Waals surface area contributed by atoms with E-state index in [1.165, 1.54) is 37.3 Å². The lowest BCUT2D eigenvalue weighted by Crippen LogP contribution is -2.53. The third kappa shape index (κ3) is 4.84. The third-order valence-electron chi connectivity index (χ3n) is 11.0. The fraction of sp³-hybridized carbons (Fsp3) is 0.225. The largest absolute Gasteiger partial charge is 0.508 e. The van der Waals surface area contributed by atoms with Gasteiger partial charge in [-0.2, -0.15) is 5.01 Å². The summed E-state index contributed by atoms with van der Waals surface area (Å²) in [6.45, 7) is 1.43. The van der Waals surface area contributed by atoms with Crippen LogP contribution in [0.4, 0.5) is 15.8 Å². The Morgan fingerprint density at radius 3 is 2.22 bits per heavy atom. The minimum absolute atomic E-state index is 0.0576. The first-order valence-electron chi connectivity index (χ1n) is 16.7. The molecule has 2 aliphatic heterocycles. The molecular weight excluding hydrogens is 673 g/mol. The van der Waals surface area contributed by atoms with Gasteiger partial charge in [-0.3, -0.25) is 34.3 Å². The van der Waals surface area contributed by atoms with E-state index < -0.39 is 58.5 Å². The van der Waals surface area contributed by atoms with Crippen LogP contribution < -0.4 is 10.3 Å². The highest BCUT2D eigenvalue weighted by Gasteiger charge is 2.70. The highest BCUT2D eigenvalue weighted by atomic mass is 35.5. The molecule has 2 saturated heterocycles. The molecule has 4 aliphatic rings. The molecule has 2 aliphatic carbocycles. The lowest BCUT2D eigenvalue weighted by molar-refractivity contribution is -0.138. The number of hydrogen-bond acceptors (Lipinski definition) is 7. The van der Waals surface area contributed by atoms with E-state index in [0.29, 0.717) is 38.7 Å². The van der Waals surface area contributed by atoms with Gasteiger partial charge in [-0.25, -0.2) is 4.39 Å². The van der Waals surface area contributed by atoms with Crippen LogP contribution in [-0.2, 0) is 24.6 Å². The number of allylic oxidation sites excluding steroid dienone is 2. The maximum atomic E-state index is 15.1. The van der Waals surface area contributed by atoms with Crippen molar-refractivity contribution >= 4 is 52.4 Å². The van der Waals surface area contributed by atoms with E-state index in [1.54, 1.807) is 66.7 Å². The normalized spacial score (nSPS) is 26.8. The van der Waals surface area contributed by atoms with Gasteiger partial charge in [0, 0.05) is 22.1 Å². The average molecular weight is 704 g/mol. The Morgan fingerprint density at radius 1 is 0.863 bits per heavy atom. The summed E-state index contributed by atoms with van der Waals surface area (Å²) in [5.74, 6) is -6.85. The summed E-state index contributed by atoms with van der Waals surface area (Å²) < 4.78 is 13.8. The first-order chi connectivity index (χ1) is 24.5. The number of phenolic OH excluding ortho intramolecular Hbond substituents is 1. The number of halogens is 2. The Morgan fingerprint density at radius 2 is 1.55 bits per heavy atom. The van der Waals surface area contributed by atoms with Crippen molar-refractivity contribution < 1.29 is 33.5 Å². The van der Waals surface area contributed by atoms with Crippen LogP contribution in [0.1, 0.15) is 47.2 Å². The molecule has 0 radical (unpaired) electrons. The van der Waals surface area contributed by atoms with Gasteiger partial charge in [-0.1, -0.05) is 53.6 Å². The van der Waals surface area contributed by atoms with Gasteiger partial charge in [0.1, 0.15) is 11.6 Å². The second kappa shape index (κ2) is 12.0. The molecular formula is C40H31ClFN3O6. The second-order valence-electron chi connectivity index (χ2n) is 13.5. The van der Waals surface area contributed by atoms with Gasteiger partial charge in [0.2, 0.25) is 11.8 Å². The predicted octanol–water partition coefficient (Wildman–Crippen LogP) is 6.58. The number of ketones is 1. The molecule has 1 saturated carbocycles. The van der Waals surface area contributed by atoms with Crippen LogP contribution in [0.3, 0.4) is 0 Å². The van der Waals surface area contributed by atoms with E-state index in [-0.39, 0.29) is 30.3 Å². The summed E-state index contributed by atoms with van der Waals surface area (Å²) >= 11 is 6.33. The zero-order valence-electron chi connectivity index (χ0n) is 27.3. The Labute approximate surface area is 297 Å². The Kier molecular flexibility index (Phi) is 7.68. The fourth-order valence-corrected chi connectivity index (χ4v) is 8.96. The molecule has 4 aromatic carbocycles. The molecule has 4 aromatic rings. The number of carbonyl (C=O) groups is 5. The van der Waals surface area contributed by atoms with Crippen molar-refractivity contribution in [2.75, 3.05) is 10.3 Å². The van der Waals surface area contributed by atoms with Gasteiger partial charge >= 0.3 is 0 Å². The van der Waals surface area contributed by atoms with E-state index in [9.17, 15) is 28.7 Å². The van der Waals surface area contributed by atoms with Crippen LogP contribution >= 0.6 is 11.6 Å². The lowest BCUT2D eigenvalue weighted by Gasteiger charge is -2.50. The zero-order valence-corrected chi connectivity index (χ0v) is 28.0. The number of imide groups is 2. The number of amides is 4. The average Bonchev–Trinajstić information content (AvgIpc) is 3.50. The molecule has 4 amide bonds. The van der Waals surface area contributed by atoms with E-state index in [1.807, 2.05) is 6.08 Å². The number of nitrogens with one attached hydrogen (secondary N) is 1. The third-order valence-corrected chi connectivity index (χ3v) is 11.3. The van der Waals surface area contributed by atoms with Gasteiger partial charge < -0.3 is 5.11 Å². The number of hydrazine groups is 1. The number of nitrogens with zero attached hydrogens (tertiary/aromatic N) is 2. The number of anilines is 2. The quantitative estimate of drug-likeness (QED) is 0.132. The molecule has 2 heterocycles. The molecule has 8 rings (SSSR count). The molecule has 0 bridgehead atoms. The molecule has 0 aromatic heterocycles. The van der Waals surface area contributed by atoms with Crippen molar-refractivity contribution in [1.82, 2.24) is 5.01 Å². The van der Waals surface area contributed by atoms with E-state index in [2.05, 4.69) is 5.43 Å². The number of carbonyl (C=O) groups excluding carboxylic acids is 5. The standard InChI is InChI=1S/C40H31ClFN3O6/c1-21(46)22-6-16-27(17-7-22)44-36(48)30-19-18-28-31(34(30)38(44)50)20-32-37(49)45(43-26-14-12-25(42)13-15-26)39(51)40(32,23-8-10-24(41)11-9-23)35(28)29-4-2-3-5-33(29)47/h2-18,30-32,34-35,43,47H,19-20H2,1H3. The van der Waals surface area contributed by atoms with Gasteiger partial charge in [0.15, 0.2) is 5.78 Å². The summed E-state index contributed by atoms with van der Waals surface area (Å²) in [7, 11) is 0. The van der Waals surface area contributed by atoms with Crippen LogP contribution in [0.25, 0.3) is 0 Å². The van der Waals surface area contributed by atoms with Crippen molar-refractivity contribution in [3.05, 3.63) is 136 Å². The summed E-state index contributed by atoms with van der Waals surface area (Å²) in [6, 6.07) is 24.9. The Balaban J connectivity index is 1.30. The van der Waals surface area contributed by atoms with Crippen LogP contribution in [0.15, 0.2) is 109 Å². The van der Waals surface area contributed by atoms with E-state index in [0.717, 1.165) is 9.91 Å². The lowest BCUT2D eigenvalue weighted by atomic mass is 9.49. The fourth-order valence-electron chi connectivity index (χ4n) is 8.83. The number of benzene rings is 4. The monoisotopic (exact) mass is 703 g/mol. The predicted molar refractivity (Wildman–Crippen MR) is 186 cm³/mol. The highest BCUT2D eigenvalue weighted by Crippen LogP contribution is 2.65. The first-order valence-corrected chi connectivity index (χ1v) is 17.0.